The maximum absolute atomic E-state index is 5.54. The summed E-state index contributed by atoms with van der Waals surface area (Å²) in [5, 5.41) is 0. The van der Waals surface area contributed by atoms with Gasteiger partial charge in [-0.25, -0.2) is 9.97 Å². The molecule has 72 valence electrons. The number of rotatable bonds is 1. The molecule has 0 radical (unpaired) electrons. The molecule has 1 heterocycles. The van der Waals surface area contributed by atoms with Crippen molar-refractivity contribution in [1.82, 2.24) is 9.97 Å². The first-order chi connectivity index (χ1) is 6.70. The Bertz CT molecular complexity index is 483. The molecule has 0 unspecified atom stereocenters. The summed E-state index contributed by atoms with van der Waals surface area (Å²) in [6, 6.07) is 5.35. The lowest BCUT2D eigenvalue weighted by atomic mass is 10.3. The number of hydrogen-bond donors (Lipinski definition) is 2. The Balaban J connectivity index is 2.70. The molecule has 0 aliphatic carbocycles. The van der Waals surface area contributed by atoms with Gasteiger partial charge in [0.15, 0.2) is 11.6 Å². The van der Waals surface area contributed by atoms with Gasteiger partial charge in [0.05, 0.1) is 18.1 Å². The summed E-state index contributed by atoms with van der Waals surface area (Å²) in [7, 11) is 1.59. The minimum absolute atomic E-state index is 0.241. The van der Waals surface area contributed by atoms with E-state index in [0.717, 1.165) is 5.75 Å². The molecule has 5 nitrogen and oxygen atoms in total. The van der Waals surface area contributed by atoms with Gasteiger partial charge in [0.25, 0.3) is 0 Å². The molecule has 0 atom stereocenters. The second kappa shape index (κ2) is 3.02. The minimum atomic E-state index is 0.241. The number of fused-ring (bicyclic) bond motifs is 1. The lowest BCUT2D eigenvalue weighted by Gasteiger charge is -2.03. The predicted octanol–water partition coefficient (Wildman–Crippen LogP) is 0.803. The van der Waals surface area contributed by atoms with Gasteiger partial charge in [-0.2, -0.15) is 0 Å². The summed E-state index contributed by atoms with van der Waals surface area (Å²) in [5.74, 6) is 1.21. The summed E-state index contributed by atoms with van der Waals surface area (Å²) < 4.78 is 5.05. The molecule has 1 aromatic heterocycles. The first-order valence-electron chi connectivity index (χ1n) is 4.07. The lowest BCUT2D eigenvalue weighted by Crippen LogP contribution is -2.01. The Morgan fingerprint density at radius 2 is 1.71 bits per heavy atom. The third-order valence-corrected chi connectivity index (χ3v) is 1.93. The zero-order chi connectivity index (χ0) is 10.1. The standard InChI is InChI=1S/C9H10N4O/c1-14-5-2-3-6-7(4-5)13-9(11)8(10)12-6/h2-4H,1H3,(H2,10,12)(H2,11,13). The molecule has 0 saturated carbocycles. The van der Waals surface area contributed by atoms with E-state index in [2.05, 4.69) is 9.97 Å². The van der Waals surface area contributed by atoms with Crippen molar-refractivity contribution in [3.05, 3.63) is 18.2 Å². The largest absolute Gasteiger partial charge is 0.497 e. The number of nitrogens with zero attached hydrogens (tertiary/aromatic N) is 2. The molecule has 2 rings (SSSR count). The van der Waals surface area contributed by atoms with E-state index in [1.807, 2.05) is 0 Å². The number of methoxy groups -OCH3 is 1. The minimum Gasteiger partial charge on any atom is -0.497 e. The smallest absolute Gasteiger partial charge is 0.166 e. The van der Waals surface area contributed by atoms with Crippen LogP contribution >= 0.6 is 0 Å². The molecular weight excluding hydrogens is 180 g/mol. The van der Waals surface area contributed by atoms with E-state index in [1.165, 1.54) is 0 Å². The van der Waals surface area contributed by atoms with Crippen LogP contribution in [-0.2, 0) is 0 Å². The van der Waals surface area contributed by atoms with Gasteiger partial charge in [0.2, 0.25) is 0 Å². The Morgan fingerprint density at radius 1 is 1.07 bits per heavy atom. The fourth-order valence-corrected chi connectivity index (χ4v) is 1.19. The second-order valence-electron chi connectivity index (χ2n) is 2.85. The lowest BCUT2D eigenvalue weighted by molar-refractivity contribution is 0.415. The maximum atomic E-state index is 5.54. The van der Waals surface area contributed by atoms with Crippen molar-refractivity contribution in [1.29, 1.82) is 0 Å². The monoisotopic (exact) mass is 190 g/mol. The van der Waals surface area contributed by atoms with Gasteiger partial charge < -0.3 is 16.2 Å². The van der Waals surface area contributed by atoms with E-state index >= 15 is 0 Å². The summed E-state index contributed by atoms with van der Waals surface area (Å²) in [5.41, 5.74) is 12.4. The van der Waals surface area contributed by atoms with E-state index in [4.69, 9.17) is 16.2 Å². The predicted molar refractivity (Wildman–Crippen MR) is 54.9 cm³/mol. The highest BCUT2D eigenvalue weighted by Gasteiger charge is 2.03. The Labute approximate surface area is 80.7 Å². The van der Waals surface area contributed by atoms with Gasteiger partial charge in [0, 0.05) is 6.07 Å². The van der Waals surface area contributed by atoms with Gasteiger partial charge in [-0.3, -0.25) is 0 Å². The molecule has 0 fully saturated rings. The number of benzene rings is 1. The average Bonchev–Trinajstić information content (AvgIpc) is 2.19. The van der Waals surface area contributed by atoms with Crippen molar-refractivity contribution >= 4 is 22.7 Å². The van der Waals surface area contributed by atoms with Crippen molar-refractivity contribution < 1.29 is 4.74 Å². The van der Waals surface area contributed by atoms with Gasteiger partial charge >= 0.3 is 0 Å². The third-order valence-electron chi connectivity index (χ3n) is 1.93. The van der Waals surface area contributed by atoms with Gasteiger partial charge in [0.1, 0.15) is 5.75 Å². The molecule has 0 aliphatic heterocycles. The Kier molecular flexibility index (Phi) is 1.85. The molecule has 0 spiro atoms. The zero-order valence-electron chi connectivity index (χ0n) is 7.69. The van der Waals surface area contributed by atoms with E-state index < -0.39 is 0 Å². The summed E-state index contributed by atoms with van der Waals surface area (Å²) in [6.07, 6.45) is 0. The van der Waals surface area contributed by atoms with Crippen molar-refractivity contribution in [2.24, 2.45) is 0 Å². The quantitative estimate of drug-likeness (QED) is 0.694. The highest BCUT2D eigenvalue weighted by molar-refractivity contribution is 5.80. The van der Waals surface area contributed by atoms with Crippen molar-refractivity contribution in [2.45, 2.75) is 0 Å². The van der Waals surface area contributed by atoms with Crippen LogP contribution in [0.15, 0.2) is 18.2 Å². The van der Waals surface area contributed by atoms with Crippen molar-refractivity contribution in [2.75, 3.05) is 18.6 Å². The van der Waals surface area contributed by atoms with Crippen LogP contribution in [0.5, 0.6) is 5.75 Å². The van der Waals surface area contributed by atoms with Crippen LogP contribution in [0, 0.1) is 0 Å². The van der Waals surface area contributed by atoms with E-state index in [9.17, 15) is 0 Å². The molecule has 0 amide bonds. The Hall–Kier alpha value is -2.04. The van der Waals surface area contributed by atoms with Crippen LogP contribution in [0.4, 0.5) is 11.6 Å². The van der Waals surface area contributed by atoms with Crippen LogP contribution in [0.25, 0.3) is 11.0 Å². The maximum Gasteiger partial charge on any atom is 0.166 e. The van der Waals surface area contributed by atoms with Crippen LogP contribution in [-0.4, -0.2) is 17.1 Å². The van der Waals surface area contributed by atoms with E-state index in [0.29, 0.717) is 11.0 Å². The molecule has 0 aliphatic rings. The number of nitrogens with two attached hydrogens (primary N) is 2. The number of ether oxygens (including phenoxy) is 1. The van der Waals surface area contributed by atoms with Gasteiger partial charge in [-0.1, -0.05) is 0 Å². The first-order valence-corrected chi connectivity index (χ1v) is 4.07. The fourth-order valence-electron chi connectivity index (χ4n) is 1.19. The number of hydrogen-bond acceptors (Lipinski definition) is 5. The molecule has 0 saturated heterocycles. The normalized spacial score (nSPS) is 10.4. The third kappa shape index (κ3) is 1.28. The van der Waals surface area contributed by atoms with E-state index in [-0.39, 0.29) is 11.6 Å². The molecule has 0 bridgehead atoms. The number of anilines is 2. The zero-order valence-corrected chi connectivity index (χ0v) is 7.69. The number of aromatic nitrogens is 2. The van der Waals surface area contributed by atoms with Crippen LogP contribution < -0.4 is 16.2 Å². The summed E-state index contributed by atoms with van der Waals surface area (Å²) in [6.45, 7) is 0. The molecule has 5 heteroatoms. The van der Waals surface area contributed by atoms with Crippen molar-refractivity contribution in [3.8, 4) is 5.75 Å². The fraction of sp³-hybridized carbons (Fsp3) is 0.111. The van der Waals surface area contributed by atoms with E-state index in [1.54, 1.807) is 25.3 Å². The highest BCUT2D eigenvalue weighted by Crippen LogP contribution is 2.20. The molecule has 1 aromatic carbocycles. The first kappa shape index (κ1) is 8.55. The van der Waals surface area contributed by atoms with Crippen LogP contribution in [0.2, 0.25) is 0 Å². The second-order valence-corrected chi connectivity index (χ2v) is 2.85. The summed E-state index contributed by atoms with van der Waals surface area (Å²) in [4.78, 5) is 8.18. The Morgan fingerprint density at radius 3 is 2.36 bits per heavy atom. The van der Waals surface area contributed by atoms with Crippen molar-refractivity contribution in [3.63, 3.8) is 0 Å². The van der Waals surface area contributed by atoms with Crippen LogP contribution in [0.3, 0.4) is 0 Å². The SMILES string of the molecule is COc1ccc2nc(N)c(N)nc2c1. The highest BCUT2D eigenvalue weighted by atomic mass is 16.5. The van der Waals surface area contributed by atoms with Gasteiger partial charge in [-0.15, -0.1) is 0 Å². The average molecular weight is 190 g/mol. The topological polar surface area (TPSA) is 87.0 Å². The molecule has 4 N–H and O–H groups in total. The molecule has 2 aromatic rings. The summed E-state index contributed by atoms with van der Waals surface area (Å²) >= 11 is 0. The van der Waals surface area contributed by atoms with Gasteiger partial charge in [-0.05, 0) is 12.1 Å². The molecule has 14 heavy (non-hydrogen) atoms. The number of nitrogen functional groups attached to an aromatic ring is 2. The van der Waals surface area contributed by atoms with Crippen LogP contribution in [0.1, 0.15) is 0 Å². The molecular formula is C9H10N4O.